The van der Waals surface area contributed by atoms with Crippen molar-refractivity contribution >= 4 is 42.2 Å². The van der Waals surface area contributed by atoms with Crippen molar-refractivity contribution in [1.29, 1.82) is 0 Å². The maximum atomic E-state index is 12.8. The highest BCUT2D eigenvalue weighted by Gasteiger charge is 2.31. The van der Waals surface area contributed by atoms with Crippen LogP contribution in [0.3, 0.4) is 0 Å². The molecule has 0 saturated heterocycles. The van der Waals surface area contributed by atoms with Crippen molar-refractivity contribution in [2.45, 2.75) is 71.1 Å². The van der Waals surface area contributed by atoms with Gasteiger partial charge in [0.15, 0.2) is 0 Å². The molecule has 0 spiro atoms. The van der Waals surface area contributed by atoms with E-state index in [2.05, 4.69) is 28.6 Å². The van der Waals surface area contributed by atoms with E-state index in [1.165, 1.54) is 0 Å². The van der Waals surface area contributed by atoms with Crippen LogP contribution in [0.15, 0.2) is 0 Å². The van der Waals surface area contributed by atoms with Crippen molar-refractivity contribution in [2.24, 2.45) is 23.3 Å². The van der Waals surface area contributed by atoms with E-state index in [0.717, 1.165) is 0 Å². The molecule has 12 heteroatoms. The van der Waals surface area contributed by atoms with E-state index in [0.29, 0.717) is 0 Å². The van der Waals surface area contributed by atoms with Crippen LogP contribution in [0.5, 0.6) is 0 Å². The van der Waals surface area contributed by atoms with Crippen LogP contribution in [0, 0.1) is 11.8 Å². The van der Waals surface area contributed by atoms with E-state index in [-0.39, 0.29) is 36.9 Å². The quantitative estimate of drug-likeness (QED) is 0.157. The van der Waals surface area contributed by atoms with Crippen LogP contribution in [0.25, 0.3) is 0 Å². The van der Waals surface area contributed by atoms with Gasteiger partial charge in [0.1, 0.15) is 18.1 Å². The number of carbonyl (C=O) groups excluding carboxylic acids is 4. The Labute approximate surface area is 187 Å². The van der Waals surface area contributed by atoms with Gasteiger partial charge in [-0.2, -0.15) is 12.6 Å². The number of hydrogen-bond acceptors (Lipinski definition) is 7. The van der Waals surface area contributed by atoms with Crippen molar-refractivity contribution in [3.05, 3.63) is 0 Å². The summed E-state index contributed by atoms with van der Waals surface area (Å²) in [6, 6.07) is -4.22. The van der Waals surface area contributed by atoms with Crippen molar-refractivity contribution in [3.63, 3.8) is 0 Å². The molecule has 8 N–H and O–H groups in total. The maximum absolute atomic E-state index is 12.8. The van der Waals surface area contributed by atoms with Crippen LogP contribution in [0.1, 0.15) is 47.0 Å². The van der Waals surface area contributed by atoms with Crippen LogP contribution >= 0.6 is 12.6 Å². The summed E-state index contributed by atoms with van der Waals surface area (Å²) < 4.78 is 0. The Bertz CT molecular complexity index is 658. The standard InChI is InChI=1S/C19H35N5O6S/c1-9(2)7-12(17(27)23-13(8-31)19(29)30)22-18(28)15(10(3)4)24-16(26)11(20)5-6-14(21)25/h9-13,15,31H,5-8,20H2,1-4H3,(H2,21,25)(H,22,28)(H,23,27)(H,24,26)(H,29,30). The molecule has 0 aromatic carbocycles. The van der Waals surface area contributed by atoms with E-state index < -0.39 is 53.8 Å². The number of rotatable bonds is 14. The topological polar surface area (TPSA) is 194 Å². The lowest BCUT2D eigenvalue weighted by Gasteiger charge is -2.27. The molecule has 0 saturated carbocycles. The molecular weight excluding hydrogens is 426 g/mol. The van der Waals surface area contributed by atoms with Gasteiger partial charge in [-0.15, -0.1) is 0 Å². The van der Waals surface area contributed by atoms with Crippen molar-refractivity contribution in [2.75, 3.05) is 5.75 Å². The SMILES string of the molecule is CC(C)CC(NC(=O)C(NC(=O)C(N)CCC(N)=O)C(C)C)C(=O)NC(CS)C(=O)O. The fourth-order valence-electron chi connectivity index (χ4n) is 2.65. The van der Waals surface area contributed by atoms with Crippen LogP contribution < -0.4 is 27.4 Å². The zero-order chi connectivity index (χ0) is 24.3. The lowest BCUT2D eigenvalue weighted by molar-refractivity contribution is -0.141. The van der Waals surface area contributed by atoms with E-state index in [1.807, 2.05) is 13.8 Å². The van der Waals surface area contributed by atoms with Gasteiger partial charge in [-0.3, -0.25) is 19.2 Å². The summed E-state index contributed by atoms with van der Waals surface area (Å²) in [5.41, 5.74) is 10.8. The van der Waals surface area contributed by atoms with Crippen LogP contribution in [-0.4, -0.2) is 64.6 Å². The van der Waals surface area contributed by atoms with Crippen LogP contribution in [0.4, 0.5) is 0 Å². The molecule has 0 aromatic heterocycles. The summed E-state index contributed by atoms with van der Waals surface area (Å²) >= 11 is 3.91. The summed E-state index contributed by atoms with van der Waals surface area (Å²) in [7, 11) is 0. The first-order valence-corrected chi connectivity index (χ1v) is 10.7. The van der Waals surface area contributed by atoms with Crippen LogP contribution in [-0.2, 0) is 24.0 Å². The average molecular weight is 462 g/mol. The molecule has 0 aliphatic rings. The second kappa shape index (κ2) is 13.9. The second-order valence-corrected chi connectivity index (χ2v) is 8.48. The van der Waals surface area contributed by atoms with Crippen LogP contribution in [0.2, 0.25) is 0 Å². The predicted molar refractivity (Wildman–Crippen MR) is 118 cm³/mol. The Morgan fingerprint density at radius 2 is 1.45 bits per heavy atom. The van der Waals surface area contributed by atoms with Crippen molar-refractivity contribution < 1.29 is 29.1 Å². The molecule has 31 heavy (non-hydrogen) atoms. The molecule has 11 nitrogen and oxygen atoms in total. The number of carboxylic acid groups (broad SMARTS) is 1. The number of aliphatic carboxylic acids is 1. The first kappa shape index (κ1) is 28.7. The smallest absolute Gasteiger partial charge is 0.327 e. The molecule has 0 fully saturated rings. The molecule has 4 unspecified atom stereocenters. The minimum absolute atomic E-state index is 0.0182. The van der Waals surface area contributed by atoms with Gasteiger partial charge >= 0.3 is 5.97 Å². The third-order valence-electron chi connectivity index (χ3n) is 4.42. The normalized spacial score (nSPS) is 15.0. The molecule has 4 atom stereocenters. The number of hydrogen-bond donors (Lipinski definition) is 7. The van der Waals surface area contributed by atoms with Gasteiger partial charge in [0, 0.05) is 12.2 Å². The Morgan fingerprint density at radius 3 is 1.87 bits per heavy atom. The molecule has 178 valence electrons. The van der Waals surface area contributed by atoms with Gasteiger partial charge in [-0.05, 0) is 24.7 Å². The number of carboxylic acids is 1. The number of amides is 4. The Balaban J connectivity index is 5.30. The Morgan fingerprint density at radius 1 is 0.903 bits per heavy atom. The van der Waals surface area contributed by atoms with E-state index in [9.17, 15) is 24.0 Å². The molecule has 0 aliphatic carbocycles. The first-order valence-electron chi connectivity index (χ1n) is 10.1. The minimum atomic E-state index is -1.24. The maximum Gasteiger partial charge on any atom is 0.327 e. The Hall–Kier alpha value is -2.34. The largest absolute Gasteiger partial charge is 0.480 e. The summed E-state index contributed by atoms with van der Waals surface area (Å²) in [6.45, 7) is 7.11. The number of nitrogens with two attached hydrogens (primary N) is 2. The summed E-state index contributed by atoms with van der Waals surface area (Å²) in [6.07, 6.45) is 0.222. The highest BCUT2D eigenvalue weighted by atomic mass is 32.1. The third kappa shape index (κ3) is 11.0. The van der Waals surface area contributed by atoms with Gasteiger partial charge in [-0.1, -0.05) is 27.7 Å². The highest BCUT2D eigenvalue weighted by Crippen LogP contribution is 2.09. The monoisotopic (exact) mass is 461 g/mol. The fraction of sp³-hybridized carbons (Fsp3) is 0.737. The molecule has 0 radical (unpaired) electrons. The molecule has 0 heterocycles. The second-order valence-electron chi connectivity index (χ2n) is 8.11. The number of primary amides is 1. The van der Waals surface area contributed by atoms with E-state index in [4.69, 9.17) is 16.6 Å². The molecule has 0 rings (SSSR count). The number of thiol groups is 1. The lowest BCUT2D eigenvalue weighted by atomic mass is 9.99. The number of nitrogens with one attached hydrogen (secondary N) is 3. The average Bonchev–Trinajstić information content (AvgIpc) is 2.66. The molecule has 4 amide bonds. The molecular formula is C19H35N5O6S. The minimum Gasteiger partial charge on any atom is -0.480 e. The van der Waals surface area contributed by atoms with Crippen molar-refractivity contribution in [1.82, 2.24) is 16.0 Å². The molecule has 0 aliphatic heterocycles. The lowest BCUT2D eigenvalue weighted by Crippen LogP contribution is -2.58. The van der Waals surface area contributed by atoms with Gasteiger partial charge in [0.05, 0.1) is 6.04 Å². The van der Waals surface area contributed by atoms with Gasteiger partial charge in [-0.25, -0.2) is 4.79 Å². The molecule has 0 aromatic rings. The Kier molecular flexibility index (Phi) is 12.8. The highest BCUT2D eigenvalue weighted by molar-refractivity contribution is 7.80. The summed E-state index contributed by atoms with van der Waals surface area (Å²) in [5.74, 6) is -4.15. The zero-order valence-electron chi connectivity index (χ0n) is 18.4. The third-order valence-corrected chi connectivity index (χ3v) is 4.79. The van der Waals surface area contributed by atoms with Gasteiger partial charge < -0.3 is 32.5 Å². The zero-order valence-corrected chi connectivity index (χ0v) is 19.3. The van der Waals surface area contributed by atoms with E-state index in [1.54, 1.807) is 13.8 Å². The first-order chi connectivity index (χ1) is 14.3. The van der Waals surface area contributed by atoms with Crippen molar-refractivity contribution in [3.8, 4) is 0 Å². The summed E-state index contributed by atoms with van der Waals surface area (Å²) in [4.78, 5) is 59.8. The van der Waals surface area contributed by atoms with Gasteiger partial charge in [0.2, 0.25) is 23.6 Å². The van der Waals surface area contributed by atoms with Gasteiger partial charge in [0.25, 0.3) is 0 Å². The summed E-state index contributed by atoms with van der Waals surface area (Å²) in [5, 5.41) is 16.6. The number of carbonyl (C=O) groups is 5. The molecule has 0 bridgehead atoms. The fourth-order valence-corrected chi connectivity index (χ4v) is 2.89. The predicted octanol–water partition coefficient (Wildman–Crippen LogP) is -1.25. The van der Waals surface area contributed by atoms with E-state index >= 15 is 0 Å².